The summed E-state index contributed by atoms with van der Waals surface area (Å²) in [6.07, 6.45) is 4.42. The van der Waals surface area contributed by atoms with Crippen molar-refractivity contribution in [1.82, 2.24) is 14.9 Å². The van der Waals surface area contributed by atoms with Gasteiger partial charge in [-0.2, -0.15) is 0 Å². The Kier molecular flexibility index (Phi) is 4.84. The lowest BCUT2D eigenvalue weighted by molar-refractivity contribution is 0.468. The van der Waals surface area contributed by atoms with E-state index in [1.165, 1.54) is 6.07 Å². The molecule has 0 aliphatic carbocycles. The molecule has 1 aromatic heterocycles. The molecule has 0 bridgehead atoms. The number of halogens is 2. The van der Waals surface area contributed by atoms with Gasteiger partial charge in [0.05, 0.1) is 6.04 Å². The Labute approximate surface area is 117 Å². The van der Waals surface area contributed by atoms with Crippen molar-refractivity contribution in [2.75, 3.05) is 6.54 Å². The topological polar surface area (TPSA) is 29.9 Å². The second-order valence-corrected chi connectivity index (χ2v) is 4.60. The molecule has 1 N–H and O–H groups in total. The fourth-order valence-corrected chi connectivity index (χ4v) is 2.22. The Morgan fingerprint density at radius 3 is 2.80 bits per heavy atom. The maximum Gasteiger partial charge on any atom is 0.164 e. The van der Waals surface area contributed by atoms with Gasteiger partial charge in [-0.05, 0) is 26.0 Å². The first-order valence-corrected chi connectivity index (χ1v) is 6.87. The second-order valence-electron chi connectivity index (χ2n) is 4.60. The molecule has 0 amide bonds. The molecule has 5 heteroatoms. The van der Waals surface area contributed by atoms with Crippen molar-refractivity contribution in [2.45, 2.75) is 32.9 Å². The molecule has 3 nitrogen and oxygen atoms in total. The van der Waals surface area contributed by atoms with Crippen LogP contribution in [0.1, 0.15) is 37.7 Å². The van der Waals surface area contributed by atoms with Crippen LogP contribution in [0.3, 0.4) is 0 Å². The highest BCUT2D eigenvalue weighted by atomic mass is 19.2. The number of aryl methyl sites for hydroxylation is 1. The summed E-state index contributed by atoms with van der Waals surface area (Å²) in [6, 6.07) is 3.80. The number of nitrogens with zero attached hydrogens (tertiary/aromatic N) is 2. The normalized spacial score (nSPS) is 12.6. The van der Waals surface area contributed by atoms with E-state index in [9.17, 15) is 8.78 Å². The average Bonchev–Trinajstić information content (AvgIpc) is 2.92. The van der Waals surface area contributed by atoms with Crippen molar-refractivity contribution in [2.24, 2.45) is 0 Å². The maximum absolute atomic E-state index is 14.1. The predicted octanol–water partition coefficient (Wildman–Crippen LogP) is 3.27. The third-order valence-electron chi connectivity index (χ3n) is 3.24. The molecule has 0 aliphatic rings. The molecule has 0 radical (unpaired) electrons. The van der Waals surface area contributed by atoms with Gasteiger partial charge < -0.3 is 9.88 Å². The minimum absolute atomic E-state index is 0.291. The SMILES string of the molecule is CCCNC(c1cccc(F)c1F)c1nccn1CC. The number of imidazole rings is 1. The van der Waals surface area contributed by atoms with Crippen molar-refractivity contribution >= 4 is 0 Å². The second kappa shape index (κ2) is 6.61. The molecule has 2 rings (SSSR count). The molecule has 20 heavy (non-hydrogen) atoms. The summed E-state index contributed by atoms with van der Waals surface area (Å²) >= 11 is 0. The predicted molar refractivity (Wildman–Crippen MR) is 74.4 cm³/mol. The average molecular weight is 279 g/mol. The smallest absolute Gasteiger partial charge is 0.164 e. The van der Waals surface area contributed by atoms with Crippen molar-refractivity contribution in [3.8, 4) is 0 Å². The number of hydrogen-bond donors (Lipinski definition) is 1. The summed E-state index contributed by atoms with van der Waals surface area (Å²) in [6.45, 7) is 5.45. The van der Waals surface area contributed by atoms with E-state index in [0.29, 0.717) is 17.9 Å². The molecule has 1 unspecified atom stereocenters. The number of rotatable bonds is 6. The fourth-order valence-electron chi connectivity index (χ4n) is 2.22. The molecular formula is C15H19F2N3. The van der Waals surface area contributed by atoms with Crippen LogP contribution in [0.4, 0.5) is 8.78 Å². The molecule has 0 spiro atoms. The van der Waals surface area contributed by atoms with Crippen molar-refractivity contribution < 1.29 is 8.78 Å². The fraction of sp³-hybridized carbons (Fsp3) is 0.400. The summed E-state index contributed by atoms with van der Waals surface area (Å²) in [5, 5.41) is 3.24. The van der Waals surface area contributed by atoms with Gasteiger partial charge in [0.2, 0.25) is 0 Å². The molecular weight excluding hydrogens is 260 g/mol. The van der Waals surface area contributed by atoms with Crippen LogP contribution in [0, 0.1) is 11.6 Å². The van der Waals surface area contributed by atoms with Crippen LogP contribution in [-0.2, 0) is 6.54 Å². The summed E-state index contributed by atoms with van der Waals surface area (Å²) in [4.78, 5) is 4.30. The molecule has 0 fully saturated rings. The molecule has 1 atom stereocenters. The van der Waals surface area contributed by atoms with Gasteiger partial charge in [0.1, 0.15) is 5.82 Å². The minimum Gasteiger partial charge on any atom is -0.334 e. The number of benzene rings is 1. The van der Waals surface area contributed by atoms with Crippen molar-refractivity contribution in [3.05, 3.63) is 53.6 Å². The van der Waals surface area contributed by atoms with E-state index in [1.54, 1.807) is 12.3 Å². The van der Waals surface area contributed by atoms with Gasteiger partial charge in [0.15, 0.2) is 11.6 Å². The number of hydrogen-bond acceptors (Lipinski definition) is 2. The zero-order chi connectivity index (χ0) is 14.5. The summed E-state index contributed by atoms with van der Waals surface area (Å²) < 4.78 is 29.4. The largest absolute Gasteiger partial charge is 0.334 e. The third kappa shape index (κ3) is 2.88. The molecule has 0 saturated heterocycles. The zero-order valence-electron chi connectivity index (χ0n) is 11.7. The third-order valence-corrected chi connectivity index (χ3v) is 3.24. The van der Waals surface area contributed by atoms with E-state index in [0.717, 1.165) is 19.0 Å². The van der Waals surface area contributed by atoms with Gasteiger partial charge in [0.25, 0.3) is 0 Å². The van der Waals surface area contributed by atoms with E-state index in [4.69, 9.17) is 0 Å². The Morgan fingerprint density at radius 2 is 2.10 bits per heavy atom. The van der Waals surface area contributed by atoms with E-state index >= 15 is 0 Å². The molecule has 2 aromatic rings. The Morgan fingerprint density at radius 1 is 1.30 bits per heavy atom. The minimum atomic E-state index is -0.833. The highest BCUT2D eigenvalue weighted by molar-refractivity contribution is 5.28. The van der Waals surface area contributed by atoms with E-state index in [2.05, 4.69) is 10.3 Å². The Hall–Kier alpha value is -1.75. The Balaban J connectivity index is 2.44. The highest BCUT2D eigenvalue weighted by Gasteiger charge is 2.22. The van der Waals surface area contributed by atoms with Gasteiger partial charge in [-0.15, -0.1) is 0 Å². The van der Waals surface area contributed by atoms with Crippen LogP contribution in [0.5, 0.6) is 0 Å². The summed E-state index contributed by atoms with van der Waals surface area (Å²) in [5.74, 6) is -0.947. The van der Waals surface area contributed by atoms with Crippen LogP contribution >= 0.6 is 0 Å². The molecule has 1 aromatic carbocycles. The van der Waals surface area contributed by atoms with Gasteiger partial charge in [-0.1, -0.05) is 19.1 Å². The molecule has 0 saturated carbocycles. The first kappa shape index (κ1) is 14.7. The Bertz CT molecular complexity index is 566. The van der Waals surface area contributed by atoms with Crippen LogP contribution in [0.15, 0.2) is 30.6 Å². The van der Waals surface area contributed by atoms with Crippen molar-refractivity contribution in [1.29, 1.82) is 0 Å². The monoisotopic (exact) mass is 279 g/mol. The van der Waals surface area contributed by atoms with Crippen LogP contribution in [0.25, 0.3) is 0 Å². The van der Waals surface area contributed by atoms with Gasteiger partial charge >= 0.3 is 0 Å². The quantitative estimate of drug-likeness (QED) is 0.879. The molecule has 1 heterocycles. The lowest BCUT2D eigenvalue weighted by atomic mass is 10.0. The van der Waals surface area contributed by atoms with E-state index < -0.39 is 17.7 Å². The van der Waals surface area contributed by atoms with Crippen LogP contribution in [-0.4, -0.2) is 16.1 Å². The van der Waals surface area contributed by atoms with Crippen LogP contribution < -0.4 is 5.32 Å². The molecule has 0 aliphatic heterocycles. The lowest BCUT2D eigenvalue weighted by Crippen LogP contribution is -2.27. The summed E-state index contributed by atoms with van der Waals surface area (Å²) in [7, 11) is 0. The van der Waals surface area contributed by atoms with E-state index in [1.807, 2.05) is 24.6 Å². The van der Waals surface area contributed by atoms with Crippen molar-refractivity contribution in [3.63, 3.8) is 0 Å². The highest BCUT2D eigenvalue weighted by Crippen LogP contribution is 2.25. The first-order chi connectivity index (χ1) is 9.69. The van der Waals surface area contributed by atoms with Gasteiger partial charge in [-0.3, -0.25) is 0 Å². The molecule has 108 valence electrons. The van der Waals surface area contributed by atoms with Crippen LogP contribution in [0.2, 0.25) is 0 Å². The number of aromatic nitrogens is 2. The number of nitrogens with one attached hydrogen (secondary N) is 1. The van der Waals surface area contributed by atoms with Gasteiger partial charge in [-0.25, -0.2) is 13.8 Å². The summed E-state index contributed by atoms with van der Waals surface area (Å²) in [5.41, 5.74) is 0.291. The zero-order valence-corrected chi connectivity index (χ0v) is 11.7. The lowest BCUT2D eigenvalue weighted by Gasteiger charge is -2.20. The van der Waals surface area contributed by atoms with E-state index in [-0.39, 0.29) is 0 Å². The first-order valence-electron chi connectivity index (χ1n) is 6.87. The van der Waals surface area contributed by atoms with Gasteiger partial charge in [0, 0.05) is 24.5 Å². The maximum atomic E-state index is 14.1. The standard InChI is InChI=1S/C15H19F2N3/c1-3-8-18-14(15-19-9-10-20(15)4-2)11-6-5-7-12(16)13(11)17/h5-7,9-10,14,18H,3-4,8H2,1-2H3.